The molecule has 0 aliphatic heterocycles. The van der Waals surface area contributed by atoms with Gasteiger partial charge in [-0.3, -0.25) is 0 Å². The summed E-state index contributed by atoms with van der Waals surface area (Å²) >= 11 is 0. The highest BCUT2D eigenvalue weighted by Gasteiger charge is 1.89. The summed E-state index contributed by atoms with van der Waals surface area (Å²) in [7, 11) is 0.781. The van der Waals surface area contributed by atoms with Gasteiger partial charge in [-0.25, -0.2) is 0 Å². The molecular weight excluding hydrogens is 142 g/mol. The SMILES string of the molecule is Nc1cccc(CO[SiH3])c1. The van der Waals surface area contributed by atoms with Crippen LogP contribution in [0.5, 0.6) is 0 Å². The van der Waals surface area contributed by atoms with E-state index in [9.17, 15) is 0 Å². The van der Waals surface area contributed by atoms with Crippen molar-refractivity contribution in [3.05, 3.63) is 29.8 Å². The molecule has 1 aromatic carbocycles. The Bertz CT molecular complexity index is 215. The van der Waals surface area contributed by atoms with Gasteiger partial charge in [0.1, 0.15) is 10.5 Å². The lowest BCUT2D eigenvalue weighted by molar-refractivity contribution is 0.338. The van der Waals surface area contributed by atoms with Crippen LogP contribution in [0.25, 0.3) is 0 Å². The summed E-state index contributed by atoms with van der Waals surface area (Å²) < 4.78 is 5.07. The van der Waals surface area contributed by atoms with Crippen LogP contribution in [0.3, 0.4) is 0 Å². The fraction of sp³-hybridized carbons (Fsp3) is 0.143. The molecule has 0 amide bonds. The molecule has 2 nitrogen and oxygen atoms in total. The zero-order chi connectivity index (χ0) is 7.40. The number of nitrogens with two attached hydrogens (primary N) is 1. The van der Waals surface area contributed by atoms with Gasteiger partial charge in [0.15, 0.2) is 0 Å². The molecular formula is C7H11NOSi. The van der Waals surface area contributed by atoms with Gasteiger partial charge >= 0.3 is 0 Å². The van der Waals surface area contributed by atoms with Crippen LogP contribution in [0.15, 0.2) is 24.3 Å². The highest BCUT2D eigenvalue weighted by atomic mass is 28.2. The molecule has 54 valence electrons. The van der Waals surface area contributed by atoms with Crippen LogP contribution >= 0.6 is 0 Å². The van der Waals surface area contributed by atoms with Crippen LogP contribution in [-0.2, 0) is 11.0 Å². The van der Waals surface area contributed by atoms with Crippen molar-refractivity contribution in [3.8, 4) is 0 Å². The van der Waals surface area contributed by atoms with Gasteiger partial charge in [-0.15, -0.1) is 0 Å². The molecule has 0 heterocycles. The lowest BCUT2D eigenvalue weighted by atomic mass is 10.2. The molecule has 1 rings (SSSR count). The molecule has 0 saturated heterocycles. The minimum absolute atomic E-state index is 0.692. The molecule has 0 spiro atoms. The van der Waals surface area contributed by atoms with Crippen molar-refractivity contribution in [1.29, 1.82) is 0 Å². The fourth-order valence-electron chi connectivity index (χ4n) is 0.850. The van der Waals surface area contributed by atoms with E-state index in [-0.39, 0.29) is 0 Å². The van der Waals surface area contributed by atoms with E-state index in [2.05, 4.69) is 0 Å². The second kappa shape index (κ2) is 3.39. The first-order chi connectivity index (χ1) is 4.83. The Morgan fingerprint density at radius 1 is 1.50 bits per heavy atom. The summed E-state index contributed by atoms with van der Waals surface area (Å²) in [6, 6.07) is 7.74. The van der Waals surface area contributed by atoms with E-state index < -0.39 is 0 Å². The van der Waals surface area contributed by atoms with Crippen LogP contribution in [0.4, 0.5) is 5.69 Å². The molecule has 0 unspecified atom stereocenters. The predicted octanol–water partition coefficient (Wildman–Crippen LogP) is 0.0658. The van der Waals surface area contributed by atoms with Crippen LogP contribution in [0.1, 0.15) is 5.56 Å². The van der Waals surface area contributed by atoms with Crippen molar-refractivity contribution >= 4 is 16.2 Å². The lowest BCUT2D eigenvalue weighted by Crippen LogP contribution is -1.90. The van der Waals surface area contributed by atoms with Crippen LogP contribution < -0.4 is 5.73 Å². The first-order valence-electron chi connectivity index (χ1n) is 3.16. The van der Waals surface area contributed by atoms with Gasteiger partial charge in [0, 0.05) is 5.69 Å². The van der Waals surface area contributed by atoms with Crippen molar-refractivity contribution in [2.75, 3.05) is 5.73 Å². The average molecular weight is 153 g/mol. The van der Waals surface area contributed by atoms with Gasteiger partial charge in [0.05, 0.1) is 6.61 Å². The zero-order valence-corrected chi connectivity index (χ0v) is 8.00. The second-order valence-electron chi connectivity index (χ2n) is 2.18. The molecule has 0 radical (unpaired) electrons. The van der Waals surface area contributed by atoms with E-state index in [4.69, 9.17) is 10.2 Å². The molecule has 1 aromatic rings. The largest absolute Gasteiger partial charge is 0.424 e. The number of anilines is 1. The zero-order valence-electron chi connectivity index (χ0n) is 6.00. The molecule has 0 atom stereocenters. The summed E-state index contributed by atoms with van der Waals surface area (Å²) in [5.74, 6) is 0. The summed E-state index contributed by atoms with van der Waals surface area (Å²) in [6.07, 6.45) is 0. The fourth-order valence-corrected chi connectivity index (χ4v) is 1.18. The Labute approximate surface area is 63.5 Å². The van der Waals surface area contributed by atoms with Gasteiger partial charge in [0.2, 0.25) is 0 Å². The van der Waals surface area contributed by atoms with Crippen LogP contribution in [0.2, 0.25) is 0 Å². The highest BCUT2D eigenvalue weighted by Crippen LogP contribution is 2.06. The molecule has 10 heavy (non-hydrogen) atoms. The van der Waals surface area contributed by atoms with E-state index in [1.54, 1.807) is 0 Å². The molecule has 0 aliphatic rings. The van der Waals surface area contributed by atoms with Gasteiger partial charge < -0.3 is 10.2 Å². The molecule has 0 saturated carbocycles. The molecule has 0 bridgehead atoms. The van der Waals surface area contributed by atoms with Crippen molar-refractivity contribution < 1.29 is 4.43 Å². The Balaban J connectivity index is 2.75. The molecule has 0 aliphatic carbocycles. The van der Waals surface area contributed by atoms with Crippen molar-refractivity contribution in [2.24, 2.45) is 0 Å². The van der Waals surface area contributed by atoms with Gasteiger partial charge in [0.25, 0.3) is 0 Å². The maximum atomic E-state index is 5.54. The van der Waals surface area contributed by atoms with Crippen LogP contribution in [-0.4, -0.2) is 10.5 Å². The Morgan fingerprint density at radius 3 is 2.90 bits per heavy atom. The van der Waals surface area contributed by atoms with E-state index in [1.807, 2.05) is 24.3 Å². The Morgan fingerprint density at radius 2 is 2.30 bits per heavy atom. The topological polar surface area (TPSA) is 35.2 Å². The monoisotopic (exact) mass is 153 g/mol. The minimum Gasteiger partial charge on any atom is -0.424 e. The standard InChI is InChI=1S/C7H11NOSi/c8-7-3-1-2-6(4-7)5-9-10/h1-4H,5,8H2,10H3. The number of nitrogen functional groups attached to an aromatic ring is 1. The normalized spacial score (nSPS) is 10.0. The first-order valence-corrected chi connectivity index (χ1v) is 3.98. The molecule has 0 fully saturated rings. The van der Waals surface area contributed by atoms with E-state index in [0.717, 1.165) is 21.7 Å². The quantitative estimate of drug-likeness (QED) is 0.482. The first kappa shape index (κ1) is 7.31. The second-order valence-corrected chi connectivity index (χ2v) is 2.76. The minimum atomic E-state index is 0.692. The van der Waals surface area contributed by atoms with Gasteiger partial charge in [-0.2, -0.15) is 0 Å². The molecule has 2 N–H and O–H groups in total. The summed E-state index contributed by atoms with van der Waals surface area (Å²) in [5, 5.41) is 0. The van der Waals surface area contributed by atoms with Crippen molar-refractivity contribution in [2.45, 2.75) is 6.61 Å². The number of rotatable bonds is 2. The number of hydrogen-bond donors (Lipinski definition) is 1. The van der Waals surface area contributed by atoms with Crippen molar-refractivity contribution in [1.82, 2.24) is 0 Å². The van der Waals surface area contributed by atoms with Gasteiger partial charge in [-0.1, -0.05) is 12.1 Å². The Hall–Kier alpha value is -0.803. The number of benzene rings is 1. The van der Waals surface area contributed by atoms with Crippen molar-refractivity contribution in [3.63, 3.8) is 0 Å². The lowest BCUT2D eigenvalue weighted by Gasteiger charge is -1.99. The highest BCUT2D eigenvalue weighted by molar-refractivity contribution is 5.97. The van der Waals surface area contributed by atoms with E-state index in [1.165, 1.54) is 0 Å². The predicted molar refractivity (Wildman–Crippen MR) is 45.6 cm³/mol. The average Bonchev–Trinajstić information content (AvgIpc) is 1.88. The third kappa shape index (κ3) is 1.86. The number of hydrogen-bond acceptors (Lipinski definition) is 2. The maximum Gasteiger partial charge on any atom is 0.146 e. The summed E-state index contributed by atoms with van der Waals surface area (Å²) in [4.78, 5) is 0. The molecule has 3 heteroatoms. The molecule has 0 aromatic heterocycles. The third-order valence-corrected chi connectivity index (χ3v) is 1.55. The summed E-state index contributed by atoms with van der Waals surface area (Å²) in [5.41, 5.74) is 7.49. The maximum absolute atomic E-state index is 5.54. The third-order valence-electron chi connectivity index (χ3n) is 1.26. The van der Waals surface area contributed by atoms with E-state index in [0.29, 0.717) is 6.61 Å². The smallest absolute Gasteiger partial charge is 0.146 e. The van der Waals surface area contributed by atoms with Crippen LogP contribution in [0, 0.1) is 0 Å². The van der Waals surface area contributed by atoms with Gasteiger partial charge in [-0.05, 0) is 17.7 Å². The van der Waals surface area contributed by atoms with E-state index >= 15 is 0 Å². The Kier molecular flexibility index (Phi) is 2.47. The summed E-state index contributed by atoms with van der Waals surface area (Å²) in [6.45, 7) is 0.692.